The number of nitrogens with two attached hydrogens (primary N) is 1. The highest BCUT2D eigenvalue weighted by Crippen LogP contribution is 2.48. The largest absolute Gasteiger partial charge is 0.392 e. The molecule has 0 aliphatic heterocycles. The van der Waals surface area contributed by atoms with Gasteiger partial charge in [0, 0.05) is 18.9 Å². The lowest BCUT2D eigenvalue weighted by atomic mass is 9.88. The Kier molecular flexibility index (Phi) is 6.52. The van der Waals surface area contributed by atoms with Crippen LogP contribution in [0.15, 0.2) is 72.3 Å². The van der Waals surface area contributed by atoms with Gasteiger partial charge in [0.25, 0.3) is 0 Å². The SMILES string of the molecule is Cc1cccc(C[C@@H](O)/C=C/[C@@H]2[C@H]3CC(Cc4ccccc4CN)=C[C@H]3C[C@H]2O)c1. The second-order valence-electron chi connectivity index (χ2n) is 9.03. The predicted molar refractivity (Wildman–Crippen MR) is 122 cm³/mol. The molecule has 2 aromatic carbocycles. The number of allylic oxidation sites excluding steroid dienone is 2. The molecule has 0 spiro atoms. The Morgan fingerprint density at radius 2 is 1.93 bits per heavy atom. The maximum absolute atomic E-state index is 10.6. The quantitative estimate of drug-likeness (QED) is 0.610. The molecule has 30 heavy (non-hydrogen) atoms. The van der Waals surface area contributed by atoms with E-state index in [1.54, 1.807) is 0 Å². The van der Waals surface area contributed by atoms with Crippen LogP contribution in [0.2, 0.25) is 0 Å². The molecule has 158 valence electrons. The van der Waals surface area contributed by atoms with Crippen molar-refractivity contribution < 1.29 is 10.2 Å². The molecule has 0 unspecified atom stereocenters. The standard InChI is InChI=1S/C27H33NO2/c1-18-5-4-6-19(11-18)14-24(29)9-10-25-26-15-20(13-23(26)16-27(25)30)12-21-7-2-3-8-22(21)17-28/h2-11,13,23-27,29-30H,12,14-17,28H2,1H3/b10-9+/t23-,24-,25+,26-,27+/m0/s1. The van der Waals surface area contributed by atoms with E-state index in [1.807, 2.05) is 18.2 Å². The summed E-state index contributed by atoms with van der Waals surface area (Å²) in [5.74, 6) is 0.978. The van der Waals surface area contributed by atoms with E-state index in [2.05, 4.69) is 55.5 Å². The van der Waals surface area contributed by atoms with Gasteiger partial charge >= 0.3 is 0 Å². The fraction of sp³-hybridized carbons (Fsp3) is 0.407. The van der Waals surface area contributed by atoms with Crippen molar-refractivity contribution in [2.75, 3.05) is 0 Å². The molecule has 3 nitrogen and oxygen atoms in total. The first-order valence-corrected chi connectivity index (χ1v) is 11.1. The molecule has 4 rings (SSSR count). The van der Waals surface area contributed by atoms with Gasteiger partial charge in [-0.15, -0.1) is 0 Å². The van der Waals surface area contributed by atoms with Crippen LogP contribution in [0.25, 0.3) is 0 Å². The number of hydrogen-bond donors (Lipinski definition) is 3. The second-order valence-corrected chi connectivity index (χ2v) is 9.03. The molecular formula is C27H33NO2. The predicted octanol–water partition coefficient (Wildman–Crippen LogP) is 4.10. The summed E-state index contributed by atoms with van der Waals surface area (Å²) in [7, 11) is 0. The van der Waals surface area contributed by atoms with Crippen LogP contribution in [0.1, 0.15) is 35.1 Å². The van der Waals surface area contributed by atoms with Crippen molar-refractivity contribution in [1.82, 2.24) is 0 Å². The first kappa shape index (κ1) is 21.0. The van der Waals surface area contributed by atoms with E-state index in [4.69, 9.17) is 5.73 Å². The molecule has 2 aliphatic rings. The van der Waals surface area contributed by atoms with Crippen molar-refractivity contribution in [3.8, 4) is 0 Å². The monoisotopic (exact) mass is 403 g/mol. The molecule has 0 saturated heterocycles. The molecular weight excluding hydrogens is 370 g/mol. The van der Waals surface area contributed by atoms with E-state index in [0.29, 0.717) is 24.8 Å². The number of aliphatic hydroxyl groups is 2. The molecule has 3 heteroatoms. The van der Waals surface area contributed by atoms with E-state index in [1.165, 1.54) is 22.3 Å². The summed E-state index contributed by atoms with van der Waals surface area (Å²) in [5.41, 5.74) is 12.2. The van der Waals surface area contributed by atoms with Crippen LogP contribution in [0.5, 0.6) is 0 Å². The van der Waals surface area contributed by atoms with Gasteiger partial charge in [-0.2, -0.15) is 0 Å². The molecule has 0 heterocycles. The van der Waals surface area contributed by atoms with E-state index >= 15 is 0 Å². The minimum Gasteiger partial charge on any atom is -0.392 e. The molecule has 0 radical (unpaired) electrons. The van der Waals surface area contributed by atoms with Gasteiger partial charge in [0.1, 0.15) is 0 Å². The van der Waals surface area contributed by atoms with Crippen LogP contribution < -0.4 is 5.73 Å². The highest BCUT2D eigenvalue weighted by Gasteiger charge is 2.43. The van der Waals surface area contributed by atoms with Crippen LogP contribution in [0.4, 0.5) is 0 Å². The normalized spacial score (nSPS) is 26.7. The van der Waals surface area contributed by atoms with Gasteiger partial charge in [0.05, 0.1) is 12.2 Å². The topological polar surface area (TPSA) is 66.5 Å². The zero-order valence-corrected chi connectivity index (χ0v) is 17.7. The Balaban J connectivity index is 1.39. The minimum atomic E-state index is -0.525. The van der Waals surface area contributed by atoms with Gasteiger partial charge in [-0.1, -0.05) is 77.9 Å². The van der Waals surface area contributed by atoms with E-state index in [0.717, 1.165) is 24.8 Å². The maximum Gasteiger partial charge on any atom is 0.0761 e. The van der Waals surface area contributed by atoms with Crippen LogP contribution in [-0.4, -0.2) is 22.4 Å². The average Bonchev–Trinajstić information content (AvgIpc) is 3.23. The third kappa shape index (κ3) is 4.75. The number of hydrogen-bond acceptors (Lipinski definition) is 3. The Bertz CT molecular complexity index is 932. The van der Waals surface area contributed by atoms with Gasteiger partial charge in [0.2, 0.25) is 0 Å². The highest BCUT2D eigenvalue weighted by atomic mass is 16.3. The van der Waals surface area contributed by atoms with Crippen molar-refractivity contribution in [2.45, 2.75) is 51.4 Å². The van der Waals surface area contributed by atoms with E-state index in [-0.39, 0.29) is 12.0 Å². The summed E-state index contributed by atoms with van der Waals surface area (Å²) in [5, 5.41) is 21.1. The number of rotatable bonds is 7. The summed E-state index contributed by atoms with van der Waals surface area (Å²) >= 11 is 0. The van der Waals surface area contributed by atoms with E-state index in [9.17, 15) is 10.2 Å². The van der Waals surface area contributed by atoms with Gasteiger partial charge < -0.3 is 15.9 Å². The van der Waals surface area contributed by atoms with Gasteiger partial charge in [-0.3, -0.25) is 0 Å². The van der Waals surface area contributed by atoms with Crippen LogP contribution in [-0.2, 0) is 19.4 Å². The van der Waals surface area contributed by atoms with Crippen LogP contribution in [0.3, 0.4) is 0 Å². The lowest BCUT2D eigenvalue weighted by molar-refractivity contribution is 0.140. The molecule has 4 N–H and O–H groups in total. The van der Waals surface area contributed by atoms with Crippen LogP contribution in [0, 0.1) is 24.7 Å². The summed E-state index contributed by atoms with van der Waals surface area (Å²) in [6.07, 6.45) is 8.88. The zero-order valence-electron chi connectivity index (χ0n) is 17.7. The van der Waals surface area contributed by atoms with Crippen molar-refractivity contribution in [1.29, 1.82) is 0 Å². The summed E-state index contributed by atoms with van der Waals surface area (Å²) < 4.78 is 0. The summed E-state index contributed by atoms with van der Waals surface area (Å²) in [6.45, 7) is 2.64. The molecule has 0 amide bonds. The number of benzene rings is 2. The lowest BCUT2D eigenvalue weighted by Crippen LogP contribution is -2.18. The van der Waals surface area contributed by atoms with Crippen molar-refractivity contribution in [3.05, 3.63) is 94.6 Å². The number of aryl methyl sites for hydroxylation is 1. The molecule has 2 aliphatic carbocycles. The number of fused-ring (bicyclic) bond motifs is 1. The van der Waals surface area contributed by atoms with Gasteiger partial charge in [0.15, 0.2) is 0 Å². The fourth-order valence-corrected chi connectivity index (χ4v) is 5.32. The fourth-order valence-electron chi connectivity index (χ4n) is 5.32. The maximum atomic E-state index is 10.6. The Morgan fingerprint density at radius 3 is 2.70 bits per heavy atom. The van der Waals surface area contributed by atoms with Gasteiger partial charge in [-0.25, -0.2) is 0 Å². The summed E-state index contributed by atoms with van der Waals surface area (Å²) in [4.78, 5) is 0. The molecule has 1 saturated carbocycles. The molecule has 2 aromatic rings. The third-order valence-corrected chi connectivity index (χ3v) is 6.79. The average molecular weight is 404 g/mol. The Hall–Kier alpha value is -2.20. The first-order valence-electron chi connectivity index (χ1n) is 11.1. The molecule has 0 aromatic heterocycles. The van der Waals surface area contributed by atoms with Crippen molar-refractivity contribution in [3.63, 3.8) is 0 Å². The first-order chi connectivity index (χ1) is 14.5. The summed E-state index contributed by atoms with van der Waals surface area (Å²) in [6, 6.07) is 16.7. The number of aliphatic hydroxyl groups excluding tert-OH is 2. The molecule has 1 fully saturated rings. The lowest BCUT2D eigenvalue weighted by Gasteiger charge is -2.19. The second kappa shape index (κ2) is 9.30. The highest BCUT2D eigenvalue weighted by molar-refractivity contribution is 5.33. The third-order valence-electron chi connectivity index (χ3n) is 6.79. The van der Waals surface area contributed by atoms with Crippen LogP contribution >= 0.6 is 0 Å². The molecule has 5 atom stereocenters. The van der Waals surface area contributed by atoms with Crippen molar-refractivity contribution >= 4 is 0 Å². The molecule has 0 bridgehead atoms. The van der Waals surface area contributed by atoms with E-state index < -0.39 is 6.10 Å². The van der Waals surface area contributed by atoms with Gasteiger partial charge in [-0.05, 0) is 54.7 Å². The van der Waals surface area contributed by atoms with Crippen molar-refractivity contribution in [2.24, 2.45) is 23.5 Å². The Labute approximate surface area is 180 Å². The zero-order chi connectivity index (χ0) is 21.1. The minimum absolute atomic E-state index is 0.112. The Morgan fingerprint density at radius 1 is 1.13 bits per heavy atom. The smallest absolute Gasteiger partial charge is 0.0761 e.